The number of ether oxygens (including phenoxy) is 1. The van der Waals surface area contributed by atoms with Crippen LogP contribution in [-0.4, -0.2) is 28.9 Å². The molecular weight excluding hydrogens is 478 g/mol. The van der Waals surface area contributed by atoms with E-state index in [2.05, 4.69) is 31.4 Å². The average molecular weight is 500 g/mol. The zero-order chi connectivity index (χ0) is 22.4. The van der Waals surface area contributed by atoms with E-state index >= 15 is 0 Å². The van der Waals surface area contributed by atoms with Gasteiger partial charge in [-0.05, 0) is 38.5 Å². The van der Waals surface area contributed by atoms with Crippen LogP contribution in [0.5, 0.6) is 0 Å². The van der Waals surface area contributed by atoms with Gasteiger partial charge in [0.25, 0.3) is 0 Å². The molecule has 3 aromatic rings. The number of aromatic nitrogens is 1. The fourth-order valence-corrected chi connectivity index (χ4v) is 4.24. The molecule has 0 bridgehead atoms. The number of aliphatic hydroxyl groups excluding tert-OH is 1. The Balaban J connectivity index is 2.00. The van der Waals surface area contributed by atoms with Gasteiger partial charge in [0.2, 0.25) is 5.13 Å². The molecule has 0 amide bonds. The monoisotopic (exact) mass is 499 g/mol. The van der Waals surface area contributed by atoms with Crippen LogP contribution >= 0.6 is 27.3 Å². The number of aliphatic hydroxyl groups is 1. The summed E-state index contributed by atoms with van der Waals surface area (Å²) in [5, 5.41) is 15.0. The molecule has 3 rings (SSSR count). The Hall–Kier alpha value is -2.97. The molecule has 0 aliphatic rings. The number of allylic oxidation sites excluding steroid dienone is 1. The van der Waals surface area contributed by atoms with Gasteiger partial charge < -0.3 is 9.84 Å². The van der Waals surface area contributed by atoms with Crippen molar-refractivity contribution in [1.29, 1.82) is 0 Å². The van der Waals surface area contributed by atoms with Gasteiger partial charge in [-0.3, -0.25) is 5.43 Å². The highest BCUT2D eigenvalue weighted by Gasteiger charge is 2.25. The molecule has 2 aromatic carbocycles. The normalized spacial score (nSPS) is 12.0. The lowest BCUT2D eigenvalue weighted by Crippen LogP contribution is -2.08. The minimum atomic E-state index is -0.594. The fraction of sp³-hybridized carbons (Fsp3) is 0.174. The Kier molecular flexibility index (Phi) is 7.59. The summed E-state index contributed by atoms with van der Waals surface area (Å²) in [6, 6.07) is 15.5. The quantitative estimate of drug-likeness (QED) is 0.133. The molecule has 0 aliphatic heterocycles. The van der Waals surface area contributed by atoms with Crippen molar-refractivity contribution in [2.45, 2.75) is 20.8 Å². The third-order valence-electron chi connectivity index (χ3n) is 4.24. The molecule has 0 spiro atoms. The van der Waals surface area contributed by atoms with Crippen LogP contribution in [0, 0.1) is 6.92 Å². The van der Waals surface area contributed by atoms with Crippen molar-refractivity contribution in [2.75, 3.05) is 12.0 Å². The molecule has 31 heavy (non-hydrogen) atoms. The van der Waals surface area contributed by atoms with Crippen LogP contribution in [0.15, 0.2) is 63.9 Å². The van der Waals surface area contributed by atoms with Crippen LogP contribution < -0.4 is 5.43 Å². The van der Waals surface area contributed by atoms with Gasteiger partial charge in [0.1, 0.15) is 11.3 Å². The van der Waals surface area contributed by atoms with E-state index in [1.54, 1.807) is 13.1 Å². The van der Waals surface area contributed by atoms with Gasteiger partial charge in [0.05, 0.1) is 23.4 Å². The number of carbonyl (C=O) groups is 1. The van der Waals surface area contributed by atoms with Crippen molar-refractivity contribution in [3.8, 4) is 11.3 Å². The lowest BCUT2D eigenvalue weighted by Gasteiger charge is -2.08. The van der Waals surface area contributed by atoms with Gasteiger partial charge in [-0.15, -0.1) is 0 Å². The molecule has 0 aliphatic carbocycles. The number of esters is 1. The van der Waals surface area contributed by atoms with Gasteiger partial charge in [0, 0.05) is 10.0 Å². The van der Waals surface area contributed by atoms with Gasteiger partial charge in [0.15, 0.2) is 0 Å². The molecular formula is C23H22BrN3O3S. The Morgan fingerprint density at radius 2 is 2.03 bits per heavy atom. The number of benzene rings is 2. The summed E-state index contributed by atoms with van der Waals surface area (Å²) in [5.41, 5.74) is 6.44. The maximum atomic E-state index is 12.5. The number of nitrogens with zero attached hydrogens (tertiary/aromatic N) is 2. The standard InChI is InChI=1S/C23H22BrN3O3S/c1-4-30-22(29)19(15(3)28)21-20(17-10-8-14(2)9-11-17)26-23(31-21)27-25-13-16-6-5-7-18(24)12-16/h5-13,28H,4H2,1-3H3,(H,26,27). The number of carbonyl (C=O) groups excluding carboxylic acids is 1. The zero-order valence-electron chi connectivity index (χ0n) is 17.3. The van der Waals surface area contributed by atoms with Gasteiger partial charge in [-0.1, -0.05) is 69.2 Å². The smallest absolute Gasteiger partial charge is 0.343 e. The van der Waals surface area contributed by atoms with Gasteiger partial charge >= 0.3 is 5.97 Å². The summed E-state index contributed by atoms with van der Waals surface area (Å²) in [4.78, 5) is 17.7. The first-order valence-electron chi connectivity index (χ1n) is 9.59. The molecule has 0 radical (unpaired) electrons. The van der Waals surface area contributed by atoms with Gasteiger partial charge in [-0.2, -0.15) is 5.10 Å². The second-order valence-corrected chi connectivity index (χ2v) is 8.58. The molecule has 1 aromatic heterocycles. The predicted molar refractivity (Wildman–Crippen MR) is 130 cm³/mol. The molecule has 2 N–H and O–H groups in total. The number of halogens is 1. The average Bonchev–Trinajstić information content (AvgIpc) is 3.12. The Bertz CT molecular complexity index is 1130. The Morgan fingerprint density at radius 1 is 1.29 bits per heavy atom. The molecule has 6 nitrogen and oxygen atoms in total. The minimum absolute atomic E-state index is 0.0962. The second-order valence-electron chi connectivity index (χ2n) is 6.67. The molecule has 0 fully saturated rings. The number of rotatable bonds is 7. The number of hydrogen-bond acceptors (Lipinski definition) is 7. The summed E-state index contributed by atoms with van der Waals surface area (Å²) in [6.45, 7) is 5.39. The topological polar surface area (TPSA) is 83.8 Å². The molecule has 0 atom stereocenters. The van der Waals surface area contributed by atoms with Crippen molar-refractivity contribution in [3.63, 3.8) is 0 Å². The van der Waals surface area contributed by atoms with Crippen molar-refractivity contribution >= 4 is 50.2 Å². The van der Waals surface area contributed by atoms with Crippen molar-refractivity contribution < 1.29 is 14.6 Å². The number of nitrogens with one attached hydrogen (secondary N) is 1. The minimum Gasteiger partial charge on any atom is -0.512 e. The molecule has 1 heterocycles. The van der Waals surface area contributed by atoms with E-state index in [9.17, 15) is 9.90 Å². The van der Waals surface area contributed by atoms with Crippen molar-refractivity contribution in [3.05, 3.63) is 74.8 Å². The molecule has 160 valence electrons. The summed E-state index contributed by atoms with van der Waals surface area (Å²) >= 11 is 4.66. The summed E-state index contributed by atoms with van der Waals surface area (Å²) in [5.74, 6) is -0.719. The van der Waals surface area contributed by atoms with Crippen molar-refractivity contribution in [2.24, 2.45) is 5.10 Å². The number of hydrogen-bond donors (Lipinski definition) is 2. The zero-order valence-corrected chi connectivity index (χ0v) is 19.8. The molecule has 0 saturated carbocycles. The number of aryl methyl sites for hydroxylation is 1. The van der Waals surface area contributed by atoms with E-state index in [0.29, 0.717) is 15.7 Å². The number of anilines is 1. The predicted octanol–water partition coefficient (Wildman–Crippen LogP) is 6.18. The SMILES string of the molecule is CCOC(=O)C(=C(C)O)c1sc(NN=Cc2cccc(Br)c2)nc1-c1ccc(C)cc1. The Morgan fingerprint density at radius 3 is 2.68 bits per heavy atom. The maximum Gasteiger partial charge on any atom is 0.343 e. The summed E-state index contributed by atoms with van der Waals surface area (Å²) < 4.78 is 6.11. The van der Waals surface area contributed by atoms with Crippen LogP contribution in [0.25, 0.3) is 16.8 Å². The largest absolute Gasteiger partial charge is 0.512 e. The lowest BCUT2D eigenvalue weighted by molar-refractivity contribution is -0.136. The highest BCUT2D eigenvalue weighted by atomic mass is 79.9. The highest BCUT2D eigenvalue weighted by molar-refractivity contribution is 9.10. The van der Waals surface area contributed by atoms with Crippen LogP contribution in [0.2, 0.25) is 0 Å². The molecule has 0 saturated heterocycles. The van der Waals surface area contributed by atoms with E-state index in [-0.39, 0.29) is 17.9 Å². The van der Waals surface area contributed by atoms with E-state index in [4.69, 9.17) is 4.74 Å². The van der Waals surface area contributed by atoms with Crippen LogP contribution in [0.3, 0.4) is 0 Å². The third-order valence-corrected chi connectivity index (χ3v) is 5.71. The van der Waals surface area contributed by atoms with E-state index in [0.717, 1.165) is 21.2 Å². The molecule has 0 unspecified atom stereocenters. The van der Waals surface area contributed by atoms with Crippen LogP contribution in [0.1, 0.15) is 29.9 Å². The highest BCUT2D eigenvalue weighted by Crippen LogP contribution is 2.37. The first-order valence-corrected chi connectivity index (χ1v) is 11.2. The van der Waals surface area contributed by atoms with E-state index in [1.165, 1.54) is 18.3 Å². The van der Waals surface area contributed by atoms with E-state index < -0.39 is 5.97 Å². The fourth-order valence-electron chi connectivity index (χ4n) is 2.80. The van der Waals surface area contributed by atoms with Crippen LogP contribution in [0.4, 0.5) is 5.13 Å². The maximum absolute atomic E-state index is 12.5. The van der Waals surface area contributed by atoms with Crippen LogP contribution in [-0.2, 0) is 9.53 Å². The number of hydrazone groups is 1. The first-order chi connectivity index (χ1) is 14.9. The van der Waals surface area contributed by atoms with E-state index in [1.807, 2.05) is 55.5 Å². The summed E-state index contributed by atoms with van der Waals surface area (Å²) in [7, 11) is 0. The van der Waals surface area contributed by atoms with Crippen molar-refractivity contribution in [1.82, 2.24) is 4.98 Å². The first kappa shape index (κ1) is 22.7. The van der Waals surface area contributed by atoms with Gasteiger partial charge in [-0.25, -0.2) is 9.78 Å². The third kappa shape index (κ3) is 5.80. The number of thiazole rings is 1. The molecule has 8 heteroatoms. The summed E-state index contributed by atoms with van der Waals surface area (Å²) in [6.07, 6.45) is 1.68. The second kappa shape index (κ2) is 10.4. The Labute approximate surface area is 193 Å². The lowest BCUT2D eigenvalue weighted by atomic mass is 10.1.